The van der Waals surface area contributed by atoms with Crippen LogP contribution in [0.5, 0.6) is 0 Å². The largest absolute Gasteiger partial charge is 0.421 e. The maximum absolute atomic E-state index is 10.9. The minimum Gasteiger partial charge on any atom is -0.403 e. The van der Waals surface area contributed by atoms with E-state index in [0.29, 0.717) is 0 Å². The third-order valence-corrected chi connectivity index (χ3v) is 4.41. The third kappa shape index (κ3) is 0.694. The summed E-state index contributed by atoms with van der Waals surface area (Å²) in [5.41, 5.74) is -0.153. The van der Waals surface area contributed by atoms with Crippen LogP contribution in [0.4, 0.5) is 0 Å². The Balaban J connectivity index is 1.91. The molecule has 5 nitrogen and oxygen atoms in total. The number of carbonyl (C=O) groups excluding carboxylic acids is 2. The highest BCUT2D eigenvalue weighted by Gasteiger charge is 2.72. The van der Waals surface area contributed by atoms with Crippen molar-refractivity contribution in [2.24, 2.45) is 5.41 Å². The van der Waals surface area contributed by atoms with Crippen molar-refractivity contribution in [3.05, 3.63) is 0 Å². The molecule has 0 amide bonds. The van der Waals surface area contributed by atoms with E-state index < -0.39 is 17.1 Å². The first-order valence-corrected chi connectivity index (χ1v) is 4.97. The molecule has 3 aliphatic rings. The van der Waals surface area contributed by atoms with E-state index in [0.717, 1.165) is 18.8 Å². The van der Waals surface area contributed by atoms with E-state index in [1.165, 1.54) is 11.8 Å². The number of thioether (sulfide) groups is 1. The van der Waals surface area contributed by atoms with Crippen molar-refractivity contribution in [3.8, 4) is 0 Å². The monoisotopic (exact) mass is 201 g/mol. The summed E-state index contributed by atoms with van der Waals surface area (Å²) in [6, 6.07) is 0. The molecule has 3 fully saturated rings. The lowest BCUT2D eigenvalue weighted by molar-refractivity contribution is -0.197. The lowest BCUT2D eigenvalue weighted by atomic mass is 9.81. The van der Waals surface area contributed by atoms with Crippen molar-refractivity contribution in [3.63, 3.8) is 0 Å². The molecule has 3 saturated heterocycles. The fraction of sp³-hybridized carbons (Fsp3) is 0.714. The predicted octanol–water partition coefficient (Wildman–Crippen LogP) is -0.923. The van der Waals surface area contributed by atoms with Crippen molar-refractivity contribution in [2.45, 2.75) is 5.12 Å². The Kier molecular flexibility index (Phi) is 1.18. The van der Waals surface area contributed by atoms with Gasteiger partial charge in [-0.25, -0.2) is 9.59 Å². The highest BCUT2D eigenvalue weighted by Crippen LogP contribution is 2.60. The number of carbonyl (C=O) groups is 2. The van der Waals surface area contributed by atoms with Gasteiger partial charge in [0.15, 0.2) is 0 Å². The second-order valence-corrected chi connectivity index (χ2v) is 4.62. The van der Waals surface area contributed by atoms with E-state index in [4.69, 9.17) is 9.47 Å². The summed E-state index contributed by atoms with van der Waals surface area (Å²) in [6.45, 7) is 1.50. The highest BCUT2D eigenvalue weighted by molar-refractivity contribution is 8.01. The Labute approximate surface area is 78.1 Å². The summed E-state index contributed by atoms with van der Waals surface area (Å²) >= 11 is 1.38. The number of hydrogen-bond donors (Lipinski definition) is 1. The van der Waals surface area contributed by atoms with E-state index in [1.807, 2.05) is 0 Å². The Morgan fingerprint density at radius 2 is 1.85 bits per heavy atom. The van der Waals surface area contributed by atoms with Crippen LogP contribution in [0.2, 0.25) is 0 Å². The Bertz CT molecular complexity index is 290. The SMILES string of the molecule is O=C1OC2(OC1=O)SCC21CNC1. The van der Waals surface area contributed by atoms with E-state index in [1.54, 1.807) is 0 Å². The van der Waals surface area contributed by atoms with Crippen LogP contribution < -0.4 is 5.32 Å². The van der Waals surface area contributed by atoms with Gasteiger partial charge in [0.1, 0.15) is 0 Å². The van der Waals surface area contributed by atoms with Gasteiger partial charge in [0.25, 0.3) is 0 Å². The fourth-order valence-electron chi connectivity index (χ4n) is 1.76. The molecule has 0 radical (unpaired) electrons. The molecule has 70 valence electrons. The number of ether oxygens (including phenoxy) is 2. The first-order chi connectivity index (χ1) is 6.18. The van der Waals surface area contributed by atoms with Crippen molar-refractivity contribution in [2.75, 3.05) is 18.8 Å². The van der Waals surface area contributed by atoms with Gasteiger partial charge in [0, 0.05) is 18.8 Å². The van der Waals surface area contributed by atoms with Crippen molar-refractivity contribution >= 4 is 23.7 Å². The second-order valence-electron chi connectivity index (χ2n) is 3.51. The van der Waals surface area contributed by atoms with Gasteiger partial charge in [-0.1, -0.05) is 11.8 Å². The summed E-state index contributed by atoms with van der Waals surface area (Å²) < 4.78 is 9.93. The second kappa shape index (κ2) is 2.01. The van der Waals surface area contributed by atoms with Crippen LogP contribution in [-0.4, -0.2) is 35.9 Å². The topological polar surface area (TPSA) is 64.6 Å². The normalized spacial score (nSPS) is 32.3. The molecule has 0 aromatic heterocycles. The zero-order chi connectivity index (χ0) is 9.10. The molecule has 2 spiro atoms. The maximum atomic E-state index is 10.9. The lowest BCUT2D eigenvalue weighted by Crippen LogP contribution is -2.72. The first kappa shape index (κ1) is 7.64. The van der Waals surface area contributed by atoms with Gasteiger partial charge in [0.05, 0.1) is 5.41 Å². The number of fused-ring (bicyclic) bond motifs is 1. The maximum Gasteiger partial charge on any atom is 0.421 e. The average molecular weight is 201 g/mol. The minimum atomic E-state index is -0.994. The van der Waals surface area contributed by atoms with Crippen LogP contribution in [0, 0.1) is 5.41 Å². The Hall–Kier alpha value is -0.750. The van der Waals surface area contributed by atoms with Gasteiger partial charge >= 0.3 is 17.1 Å². The molecule has 0 unspecified atom stereocenters. The van der Waals surface area contributed by atoms with E-state index in [2.05, 4.69) is 5.32 Å². The Morgan fingerprint density at radius 3 is 2.15 bits per heavy atom. The quantitative estimate of drug-likeness (QED) is 0.404. The van der Waals surface area contributed by atoms with Crippen LogP contribution in [0.25, 0.3) is 0 Å². The molecule has 3 rings (SSSR count). The van der Waals surface area contributed by atoms with Gasteiger partial charge in [-0.05, 0) is 0 Å². The Morgan fingerprint density at radius 1 is 1.23 bits per heavy atom. The molecule has 3 aliphatic heterocycles. The third-order valence-electron chi connectivity index (χ3n) is 2.74. The average Bonchev–Trinajstić information content (AvgIpc) is 2.26. The molecular formula is C7H7NO4S. The molecular weight excluding hydrogens is 194 g/mol. The number of rotatable bonds is 0. The van der Waals surface area contributed by atoms with Gasteiger partial charge in [-0.3, -0.25) is 0 Å². The number of esters is 2. The van der Waals surface area contributed by atoms with Gasteiger partial charge in [-0.15, -0.1) is 0 Å². The molecule has 13 heavy (non-hydrogen) atoms. The number of hydrogen-bond acceptors (Lipinski definition) is 6. The van der Waals surface area contributed by atoms with Crippen molar-refractivity contribution < 1.29 is 19.1 Å². The summed E-state index contributed by atoms with van der Waals surface area (Å²) in [4.78, 5) is 21.8. The van der Waals surface area contributed by atoms with Crippen LogP contribution in [0.3, 0.4) is 0 Å². The summed E-state index contributed by atoms with van der Waals surface area (Å²) in [6.07, 6.45) is 0. The molecule has 0 saturated carbocycles. The van der Waals surface area contributed by atoms with Crippen LogP contribution in [-0.2, 0) is 19.1 Å². The summed E-state index contributed by atoms with van der Waals surface area (Å²) in [5, 5.41) is 2.10. The van der Waals surface area contributed by atoms with Gasteiger partial charge in [0.2, 0.25) is 0 Å². The van der Waals surface area contributed by atoms with Crippen molar-refractivity contribution in [1.29, 1.82) is 0 Å². The first-order valence-electron chi connectivity index (χ1n) is 3.99. The molecule has 0 aromatic carbocycles. The fourth-order valence-corrected chi connectivity index (χ4v) is 3.17. The minimum absolute atomic E-state index is 0.153. The van der Waals surface area contributed by atoms with E-state index in [-0.39, 0.29) is 5.41 Å². The summed E-state index contributed by atoms with van der Waals surface area (Å²) in [7, 11) is 0. The standard InChI is InChI=1S/C7H7NO4S/c9-4-5(10)12-7(11-4)6(3-13-7)1-8-2-6/h8H,1-3H2. The van der Waals surface area contributed by atoms with Crippen LogP contribution in [0.1, 0.15) is 0 Å². The predicted molar refractivity (Wildman–Crippen MR) is 42.7 cm³/mol. The molecule has 0 atom stereocenters. The number of nitrogens with one attached hydrogen (secondary N) is 1. The van der Waals surface area contributed by atoms with Crippen LogP contribution >= 0.6 is 11.8 Å². The van der Waals surface area contributed by atoms with Crippen LogP contribution in [0.15, 0.2) is 0 Å². The molecule has 3 heterocycles. The highest BCUT2D eigenvalue weighted by atomic mass is 32.2. The van der Waals surface area contributed by atoms with E-state index >= 15 is 0 Å². The zero-order valence-electron chi connectivity index (χ0n) is 6.66. The molecule has 0 bridgehead atoms. The molecule has 0 aromatic rings. The van der Waals surface area contributed by atoms with Crippen molar-refractivity contribution in [1.82, 2.24) is 5.32 Å². The molecule has 0 aliphatic carbocycles. The molecule has 1 N–H and O–H groups in total. The van der Waals surface area contributed by atoms with E-state index in [9.17, 15) is 9.59 Å². The van der Waals surface area contributed by atoms with Gasteiger partial charge < -0.3 is 14.8 Å². The molecule has 6 heteroatoms. The zero-order valence-corrected chi connectivity index (χ0v) is 7.48. The smallest absolute Gasteiger partial charge is 0.403 e. The summed E-state index contributed by atoms with van der Waals surface area (Å²) in [5.74, 6) is -0.849. The lowest BCUT2D eigenvalue weighted by Gasteiger charge is -2.57. The van der Waals surface area contributed by atoms with Gasteiger partial charge in [-0.2, -0.15) is 0 Å².